The number of carbonyl (C=O) groups excluding carboxylic acids is 1. The Kier molecular flexibility index (Phi) is 2.08. The van der Waals surface area contributed by atoms with Gasteiger partial charge in [0.15, 0.2) is 5.78 Å². The summed E-state index contributed by atoms with van der Waals surface area (Å²) in [5, 5.41) is 2.06. The highest BCUT2D eigenvalue weighted by Crippen LogP contribution is 2.43. The average molecular weight is 259 g/mol. The van der Waals surface area contributed by atoms with Gasteiger partial charge in [-0.2, -0.15) is 0 Å². The molecule has 2 N–H and O–H groups in total. The molecule has 1 aliphatic carbocycles. The molecule has 3 aromatic carbocycles. The van der Waals surface area contributed by atoms with Crippen LogP contribution in [0.1, 0.15) is 21.5 Å². The number of carbonyl (C=O) groups is 1. The standard InChI is InChI=1S/C18H13NO/c1-10-9-11-5-4-8-14-15(11)16(17(10)19)12-6-2-3-7-13(12)18(14)20/h2-9H,19H2,1H3. The first-order valence-electron chi connectivity index (χ1n) is 6.64. The Morgan fingerprint density at radius 1 is 0.900 bits per heavy atom. The molecule has 4 rings (SSSR count). The molecular formula is C18H13NO. The van der Waals surface area contributed by atoms with Gasteiger partial charge in [0.1, 0.15) is 0 Å². The first-order chi connectivity index (χ1) is 9.68. The van der Waals surface area contributed by atoms with Crippen LogP contribution in [-0.4, -0.2) is 5.78 Å². The summed E-state index contributed by atoms with van der Waals surface area (Å²) in [6, 6.07) is 15.6. The molecule has 0 spiro atoms. The van der Waals surface area contributed by atoms with Crippen LogP contribution in [0.3, 0.4) is 0 Å². The zero-order chi connectivity index (χ0) is 13.9. The smallest absolute Gasteiger partial charge is 0.194 e. The highest BCUT2D eigenvalue weighted by molar-refractivity contribution is 6.27. The number of ketones is 1. The normalized spacial score (nSPS) is 12.6. The van der Waals surface area contributed by atoms with E-state index < -0.39 is 0 Å². The topological polar surface area (TPSA) is 43.1 Å². The molecule has 2 nitrogen and oxygen atoms in total. The van der Waals surface area contributed by atoms with Crippen molar-refractivity contribution in [3.8, 4) is 11.1 Å². The molecule has 0 fully saturated rings. The first-order valence-corrected chi connectivity index (χ1v) is 6.64. The van der Waals surface area contributed by atoms with Gasteiger partial charge in [0.05, 0.1) is 0 Å². The SMILES string of the molecule is Cc1cc2cccc3c2c(c1N)-c1ccccc1C3=O. The van der Waals surface area contributed by atoms with E-state index in [9.17, 15) is 4.79 Å². The minimum Gasteiger partial charge on any atom is -0.398 e. The Labute approximate surface area is 116 Å². The molecule has 96 valence electrons. The van der Waals surface area contributed by atoms with Crippen LogP contribution in [0, 0.1) is 6.92 Å². The van der Waals surface area contributed by atoms with Crippen LogP contribution in [-0.2, 0) is 0 Å². The van der Waals surface area contributed by atoms with E-state index in [1.165, 1.54) is 0 Å². The van der Waals surface area contributed by atoms with Crippen LogP contribution in [0.5, 0.6) is 0 Å². The van der Waals surface area contributed by atoms with Gasteiger partial charge in [-0.25, -0.2) is 0 Å². The minimum absolute atomic E-state index is 0.0851. The lowest BCUT2D eigenvalue weighted by Gasteiger charge is -2.22. The van der Waals surface area contributed by atoms with Gasteiger partial charge in [0.2, 0.25) is 0 Å². The maximum Gasteiger partial charge on any atom is 0.194 e. The predicted molar refractivity (Wildman–Crippen MR) is 82.0 cm³/mol. The number of hydrogen-bond acceptors (Lipinski definition) is 2. The van der Waals surface area contributed by atoms with E-state index in [1.807, 2.05) is 49.4 Å². The van der Waals surface area contributed by atoms with Crippen molar-refractivity contribution in [2.24, 2.45) is 0 Å². The fourth-order valence-corrected chi connectivity index (χ4v) is 3.13. The molecule has 0 saturated carbocycles. The average Bonchev–Trinajstić information content (AvgIpc) is 2.47. The van der Waals surface area contributed by atoms with E-state index in [1.54, 1.807) is 0 Å². The molecule has 0 heterocycles. The van der Waals surface area contributed by atoms with Crippen molar-refractivity contribution in [3.05, 3.63) is 65.2 Å². The number of nitrogen functional groups attached to an aromatic ring is 1. The Morgan fingerprint density at radius 2 is 1.60 bits per heavy atom. The molecule has 20 heavy (non-hydrogen) atoms. The molecule has 0 atom stereocenters. The monoisotopic (exact) mass is 259 g/mol. The molecular weight excluding hydrogens is 246 g/mol. The van der Waals surface area contributed by atoms with Crippen LogP contribution in [0.25, 0.3) is 21.9 Å². The Bertz CT molecular complexity index is 893. The number of aryl methyl sites for hydroxylation is 1. The molecule has 0 bridgehead atoms. The van der Waals surface area contributed by atoms with Crippen LogP contribution in [0.15, 0.2) is 48.5 Å². The van der Waals surface area contributed by atoms with Gasteiger partial charge >= 0.3 is 0 Å². The van der Waals surface area contributed by atoms with E-state index in [-0.39, 0.29) is 5.78 Å². The molecule has 0 radical (unpaired) electrons. The fraction of sp³-hybridized carbons (Fsp3) is 0.0556. The van der Waals surface area contributed by atoms with Crippen molar-refractivity contribution in [2.45, 2.75) is 6.92 Å². The second-order valence-electron chi connectivity index (χ2n) is 5.26. The van der Waals surface area contributed by atoms with Crippen LogP contribution >= 0.6 is 0 Å². The van der Waals surface area contributed by atoms with Crippen molar-refractivity contribution in [1.82, 2.24) is 0 Å². The molecule has 0 aromatic heterocycles. The second kappa shape index (κ2) is 3.70. The summed E-state index contributed by atoms with van der Waals surface area (Å²) in [7, 11) is 0. The van der Waals surface area contributed by atoms with Crippen LogP contribution in [0.4, 0.5) is 5.69 Å². The molecule has 0 saturated heterocycles. The molecule has 0 unspecified atom stereocenters. The first kappa shape index (κ1) is 11.2. The third-order valence-corrected chi connectivity index (χ3v) is 4.10. The Morgan fingerprint density at radius 3 is 2.40 bits per heavy atom. The maximum atomic E-state index is 12.6. The zero-order valence-corrected chi connectivity index (χ0v) is 11.1. The van der Waals surface area contributed by atoms with E-state index in [0.717, 1.165) is 44.3 Å². The lowest BCUT2D eigenvalue weighted by molar-refractivity contribution is 0.104. The summed E-state index contributed by atoms with van der Waals surface area (Å²) in [6.45, 7) is 2.01. The summed E-state index contributed by atoms with van der Waals surface area (Å²) in [5.41, 5.74) is 11.6. The summed E-state index contributed by atoms with van der Waals surface area (Å²) in [4.78, 5) is 12.6. The van der Waals surface area contributed by atoms with Crippen molar-refractivity contribution >= 4 is 22.2 Å². The fourth-order valence-electron chi connectivity index (χ4n) is 3.13. The van der Waals surface area contributed by atoms with E-state index in [0.29, 0.717) is 0 Å². The molecule has 1 aliphatic rings. The third kappa shape index (κ3) is 1.26. The maximum absolute atomic E-state index is 12.6. The van der Waals surface area contributed by atoms with E-state index in [2.05, 4.69) is 6.07 Å². The lowest BCUT2D eigenvalue weighted by atomic mass is 9.81. The molecule has 2 heteroatoms. The van der Waals surface area contributed by atoms with Crippen molar-refractivity contribution in [2.75, 3.05) is 5.73 Å². The van der Waals surface area contributed by atoms with Gasteiger partial charge in [-0.3, -0.25) is 4.79 Å². The Balaban J connectivity index is 2.32. The molecule has 0 amide bonds. The van der Waals surface area contributed by atoms with E-state index in [4.69, 9.17) is 5.73 Å². The van der Waals surface area contributed by atoms with Crippen LogP contribution < -0.4 is 5.73 Å². The molecule has 0 aliphatic heterocycles. The largest absolute Gasteiger partial charge is 0.398 e. The van der Waals surface area contributed by atoms with Gasteiger partial charge in [-0.05, 0) is 29.5 Å². The van der Waals surface area contributed by atoms with Gasteiger partial charge in [0.25, 0.3) is 0 Å². The van der Waals surface area contributed by atoms with Gasteiger partial charge in [-0.15, -0.1) is 0 Å². The lowest BCUT2D eigenvalue weighted by Crippen LogP contribution is -2.11. The number of benzene rings is 3. The summed E-state index contributed by atoms with van der Waals surface area (Å²) >= 11 is 0. The molecule has 3 aromatic rings. The van der Waals surface area contributed by atoms with Gasteiger partial charge < -0.3 is 5.73 Å². The quantitative estimate of drug-likeness (QED) is 0.486. The van der Waals surface area contributed by atoms with Crippen molar-refractivity contribution in [1.29, 1.82) is 0 Å². The summed E-state index contributed by atoms with van der Waals surface area (Å²) in [5.74, 6) is 0.0851. The number of nitrogens with two attached hydrogens (primary N) is 1. The van der Waals surface area contributed by atoms with Gasteiger partial charge in [-0.1, -0.05) is 42.5 Å². The predicted octanol–water partition coefficient (Wildman–Crippen LogP) is 3.94. The number of anilines is 1. The minimum atomic E-state index is 0.0851. The van der Waals surface area contributed by atoms with Crippen molar-refractivity contribution < 1.29 is 4.79 Å². The number of rotatable bonds is 0. The highest BCUT2D eigenvalue weighted by Gasteiger charge is 2.26. The van der Waals surface area contributed by atoms with Gasteiger partial charge in [0, 0.05) is 27.8 Å². The second-order valence-corrected chi connectivity index (χ2v) is 5.26. The van der Waals surface area contributed by atoms with Crippen LogP contribution in [0.2, 0.25) is 0 Å². The van der Waals surface area contributed by atoms with Crippen molar-refractivity contribution in [3.63, 3.8) is 0 Å². The Hall–Kier alpha value is -2.61. The highest BCUT2D eigenvalue weighted by atomic mass is 16.1. The summed E-state index contributed by atoms with van der Waals surface area (Å²) in [6.07, 6.45) is 0. The summed E-state index contributed by atoms with van der Waals surface area (Å²) < 4.78 is 0. The third-order valence-electron chi connectivity index (χ3n) is 4.10. The van der Waals surface area contributed by atoms with E-state index >= 15 is 0 Å². The number of hydrogen-bond donors (Lipinski definition) is 1. The zero-order valence-electron chi connectivity index (χ0n) is 11.1. The number of fused-ring (bicyclic) bond motifs is 2.